The number of rotatable bonds is 7. The lowest BCUT2D eigenvalue weighted by Crippen LogP contribution is -2.36. The van der Waals surface area contributed by atoms with Gasteiger partial charge in [-0.2, -0.15) is 9.61 Å². The molecule has 3 fully saturated rings. The van der Waals surface area contributed by atoms with Gasteiger partial charge in [0.2, 0.25) is 5.91 Å². The van der Waals surface area contributed by atoms with Gasteiger partial charge in [-0.3, -0.25) is 19.7 Å². The molecule has 10 nitrogen and oxygen atoms in total. The molecule has 0 bridgehead atoms. The van der Waals surface area contributed by atoms with Crippen molar-refractivity contribution in [1.29, 1.82) is 0 Å². The van der Waals surface area contributed by atoms with E-state index in [0.717, 1.165) is 42.9 Å². The highest BCUT2D eigenvalue weighted by atomic mass is 32.1. The minimum absolute atomic E-state index is 0.0445. The van der Waals surface area contributed by atoms with Crippen molar-refractivity contribution in [3.05, 3.63) is 40.4 Å². The first-order chi connectivity index (χ1) is 17.0. The lowest BCUT2D eigenvalue weighted by Gasteiger charge is -2.10. The summed E-state index contributed by atoms with van der Waals surface area (Å²) in [6, 6.07) is 6.41. The molecule has 1 aliphatic carbocycles. The van der Waals surface area contributed by atoms with Crippen LogP contribution in [0.5, 0.6) is 0 Å². The number of thiophene rings is 1. The number of hydrogen-bond donors (Lipinski definition) is 4. The van der Waals surface area contributed by atoms with Crippen LogP contribution < -0.4 is 21.3 Å². The number of carbonyl (C=O) groups is 3. The number of nitrogens with one attached hydrogen (secondary N) is 4. The van der Waals surface area contributed by atoms with Crippen LogP contribution in [0.25, 0.3) is 22.3 Å². The highest BCUT2D eigenvalue weighted by Crippen LogP contribution is 2.32. The summed E-state index contributed by atoms with van der Waals surface area (Å²) < 4.78 is 1.72. The molecule has 6 rings (SSSR count). The number of imide groups is 1. The molecule has 0 aromatic carbocycles. The van der Waals surface area contributed by atoms with Crippen molar-refractivity contribution in [3.8, 4) is 10.6 Å². The van der Waals surface area contributed by atoms with Gasteiger partial charge in [0.1, 0.15) is 5.82 Å². The zero-order valence-corrected chi connectivity index (χ0v) is 19.8. The van der Waals surface area contributed by atoms with E-state index < -0.39 is 0 Å². The normalized spacial score (nSPS) is 21.1. The molecule has 2 aliphatic heterocycles. The molecule has 3 amide bonds. The van der Waals surface area contributed by atoms with E-state index in [4.69, 9.17) is 4.98 Å². The minimum Gasteiger partial charge on any atom is -0.367 e. The molecule has 5 heterocycles. The largest absolute Gasteiger partial charge is 0.367 e. The van der Waals surface area contributed by atoms with Gasteiger partial charge in [-0.05, 0) is 50.4 Å². The quantitative estimate of drug-likeness (QED) is 0.294. The van der Waals surface area contributed by atoms with Gasteiger partial charge in [-0.1, -0.05) is 0 Å². The fourth-order valence-corrected chi connectivity index (χ4v) is 5.27. The van der Waals surface area contributed by atoms with Crippen molar-refractivity contribution < 1.29 is 14.4 Å². The molecule has 1 saturated carbocycles. The van der Waals surface area contributed by atoms with Gasteiger partial charge < -0.3 is 16.0 Å². The van der Waals surface area contributed by atoms with Crippen LogP contribution in [-0.2, 0) is 9.59 Å². The second kappa shape index (κ2) is 8.90. The molecular formula is C24H25N7O3S. The van der Waals surface area contributed by atoms with Gasteiger partial charge in [-0.15, -0.1) is 11.3 Å². The molecule has 11 heteroatoms. The summed E-state index contributed by atoms with van der Waals surface area (Å²) in [7, 11) is 0. The first kappa shape index (κ1) is 21.9. The highest BCUT2D eigenvalue weighted by Gasteiger charge is 2.26. The summed E-state index contributed by atoms with van der Waals surface area (Å²) in [4.78, 5) is 42.7. The monoisotopic (exact) mass is 491 g/mol. The van der Waals surface area contributed by atoms with Gasteiger partial charge in [-0.25, -0.2) is 4.98 Å². The number of amides is 3. The summed E-state index contributed by atoms with van der Waals surface area (Å²) in [5.41, 5.74) is 2.34. The molecular weight excluding hydrogens is 466 g/mol. The van der Waals surface area contributed by atoms with E-state index in [2.05, 4.69) is 26.4 Å². The van der Waals surface area contributed by atoms with Crippen LogP contribution in [0.15, 0.2) is 30.0 Å². The van der Waals surface area contributed by atoms with Crippen LogP contribution in [0.2, 0.25) is 0 Å². The topological polar surface area (TPSA) is 130 Å². The molecule has 3 aromatic rings. The van der Waals surface area contributed by atoms with Crippen LogP contribution in [0, 0.1) is 0 Å². The van der Waals surface area contributed by atoms with Gasteiger partial charge in [0.15, 0.2) is 5.65 Å². The van der Waals surface area contributed by atoms with Crippen molar-refractivity contribution >= 4 is 46.6 Å². The second-order valence-corrected chi connectivity index (χ2v) is 10.3. The summed E-state index contributed by atoms with van der Waals surface area (Å²) >= 11 is 1.39. The Balaban J connectivity index is 1.31. The predicted molar refractivity (Wildman–Crippen MR) is 132 cm³/mol. The van der Waals surface area contributed by atoms with Crippen molar-refractivity contribution in [3.63, 3.8) is 0 Å². The Kier molecular flexibility index (Phi) is 5.57. The first-order valence-electron chi connectivity index (χ1n) is 11.9. The maximum atomic E-state index is 12.7. The third kappa shape index (κ3) is 4.56. The Hall–Kier alpha value is -3.57. The molecule has 4 N–H and O–H groups in total. The smallest absolute Gasteiger partial charge is 0.261 e. The minimum atomic E-state index is -0.386. The third-order valence-electron chi connectivity index (χ3n) is 6.41. The Labute approximate surface area is 205 Å². The average molecular weight is 492 g/mol. The SMILES string of the molecule is O=C1C/C(=C\c2cnn3c(NC4CC4)cc(-c4ccc(C(=O)NCC5CCCN5)s4)nc23)C(=O)N1. The molecule has 3 aliphatic rings. The van der Waals surface area contributed by atoms with E-state index in [0.29, 0.717) is 46.0 Å². The van der Waals surface area contributed by atoms with E-state index >= 15 is 0 Å². The molecule has 3 aromatic heterocycles. The Morgan fingerprint density at radius 3 is 2.89 bits per heavy atom. The summed E-state index contributed by atoms with van der Waals surface area (Å²) in [6.45, 7) is 1.62. The van der Waals surface area contributed by atoms with Gasteiger partial charge in [0.05, 0.1) is 28.1 Å². The maximum absolute atomic E-state index is 12.7. The van der Waals surface area contributed by atoms with Crippen molar-refractivity contribution in [2.24, 2.45) is 0 Å². The van der Waals surface area contributed by atoms with Crippen LogP contribution in [0.3, 0.4) is 0 Å². The molecule has 1 unspecified atom stereocenters. The number of carbonyl (C=O) groups excluding carboxylic acids is 3. The molecule has 0 radical (unpaired) electrons. The van der Waals surface area contributed by atoms with Crippen LogP contribution in [0.4, 0.5) is 5.82 Å². The molecule has 35 heavy (non-hydrogen) atoms. The molecule has 180 valence electrons. The fourth-order valence-electron chi connectivity index (χ4n) is 4.39. The van der Waals surface area contributed by atoms with Crippen LogP contribution in [0.1, 0.15) is 47.3 Å². The Morgan fingerprint density at radius 2 is 2.14 bits per heavy atom. The summed E-state index contributed by atoms with van der Waals surface area (Å²) in [5, 5.41) is 16.7. The number of fused-ring (bicyclic) bond motifs is 1. The van der Waals surface area contributed by atoms with E-state index in [1.54, 1.807) is 16.8 Å². The van der Waals surface area contributed by atoms with Gasteiger partial charge in [0, 0.05) is 35.8 Å². The zero-order valence-electron chi connectivity index (χ0n) is 19.0. The first-order valence-corrected chi connectivity index (χ1v) is 12.7. The highest BCUT2D eigenvalue weighted by molar-refractivity contribution is 7.17. The second-order valence-electron chi connectivity index (χ2n) is 9.17. The third-order valence-corrected chi connectivity index (χ3v) is 7.51. The average Bonchev–Trinajstić information content (AvgIpc) is 3.28. The Bertz CT molecular complexity index is 1360. The summed E-state index contributed by atoms with van der Waals surface area (Å²) in [5.74, 6) is 0.0222. The van der Waals surface area contributed by atoms with E-state index in [1.807, 2.05) is 18.2 Å². The molecule has 1 atom stereocenters. The van der Waals surface area contributed by atoms with Crippen LogP contribution in [-0.4, -0.2) is 57.5 Å². The van der Waals surface area contributed by atoms with Crippen LogP contribution >= 0.6 is 11.3 Å². The zero-order chi connectivity index (χ0) is 23.9. The lowest BCUT2D eigenvalue weighted by molar-refractivity contribution is -0.124. The summed E-state index contributed by atoms with van der Waals surface area (Å²) in [6.07, 6.45) is 7.78. The van der Waals surface area contributed by atoms with Gasteiger partial charge >= 0.3 is 0 Å². The number of nitrogens with zero attached hydrogens (tertiary/aromatic N) is 3. The van der Waals surface area contributed by atoms with Gasteiger partial charge in [0.25, 0.3) is 11.8 Å². The fraction of sp³-hybridized carbons (Fsp3) is 0.375. The maximum Gasteiger partial charge on any atom is 0.261 e. The van der Waals surface area contributed by atoms with E-state index in [-0.39, 0.29) is 24.1 Å². The number of hydrogen-bond acceptors (Lipinski definition) is 8. The Morgan fingerprint density at radius 1 is 1.26 bits per heavy atom. The number of aromatic nitrogens is 3. The predicted octanol–water partition coefficient (Wildman–Crippen LogP) is 1.94. The lowest BCUT2D eigenvalue weighted by atomic mass is 10.1. The van der Waals surface area contributed by atoms with Crippen molar-refractivity contribution in [2.75, 3.05) is 18.4 Å². The van der Waals surface area contributed by atoms with E-state index in [9.17, 15) is 14.4 Å². The standard InChI is InChI=1S/C24H25N7O3S/c32-21-9-13(23(33)30-21)8-14-11-27-31-20(28-15-3-4-15)10-17(29-22(14)31)18-5-6-19(35-18)24(34)26-12-16-2-1-7-25-16/h5-6,8,10-11,15-16,25,28H,1-4,7,9,12H2,(H,26,34)(H,30,32,33)/b13-8+. The van der Waals surface area contributed by atoms with E-state index in [1.165, 1.54) is 11.3 Å². The number of anilines is 1. The van der Waals surface area contributed by atoms with Crippen molar-refractivity contribution in [2.45, 2.75) is 44.2 Å². The molecule has 0 spiro atoms. The van der Waals surface area contributed by atoms with Crippen molar-refractivity contribution in [1.82, 2.24) is 30.5 Å². The molecule has 2 saturated heterocycles.